The van der Waals surface area contributed by atoms with Gasteiger partial charge in [0.05, 0.1) is 11.0 Å². The fourth-order valence-electron chi connectivity index (χ4n) is 1.30. The molecule has 0 saturated carbocycles. The molecule has 0 aromatic heterocycles. The van der Waals surface area contributed by atoms with Gasteiger partial charge in [0.1, 0.15) is 0 Å². The van der Waals surface area contributed by atoms with Gasteiger partial charge in [-0.05, 0) is 12.5 Å². The lowest BCUT2D eigenvalue weighted by molar-refractivity contribution is -0.384. The number of non-ortho nitro benzene ring substituents is 1. The molecule has 0 bridgehead atoms. The maximum Gasteiger partial charge on any atom is 0.269 e. The highest BCUT2D eigenvalue weighted by Gasteiger charge is 2.11. The summed E-state index contributed by atoms with van der Waals surface area (Å²) in [6.45, 7) is 3.19. The SMILES string of the molecule is CC(=O)N[C@H](C)c1cccc([N+](=O)[O-])c1. The molecule has 1 N–H and O–H groups in total. The van der Waals surface area contributed by atoms with Crippen molar-refractivity contribution in [3.8, 4) is 0 Å². The van der Waals surface area contributed by atoms with Crippen LogP contribution in [0.2, 0.25) is 0 Å². The largest absolute Gasteiger partial charge is 0.350 e. The van der Waals surface area contributed by atoms with Crippen molar-refractivity contribution in [2.24, 2.45) is 0 Å². The molecule has 1 aromatic carbocycles. The van der Waals surface area contributed by atoms with Gasteiger partial charge in [0.2, 0.25) is 5.91 Å². The van der Waals surface area contributed by atoms with E-state index in [1.807, 2.05) is 0 Å². The van der Waals surface area contributed by atoms with Crippen LogP contribution in [0.5, 0.6) is 0 Å². The maximum atomic E-state index is 10.8. The molecule has 0 unspecified atom stereocenters. The minimum absolute atomic E-state index is 0.0321. The second kappa shape index (κ2) is 4.54. The van der Waals surface area contributed by atoms with Gasteiger partial charge in [-0.25, -0.2) is 0 Å². The number of hydrogen-bond acceptors (Lipinski definition) is 3. The van der Waals surface area contributed by atoms with E-state index in [-0.39, 0.29) is 17.6 Å². The average Bonchev–Trinajstić information content (AvgIpc) is 2.17. The van der Waals surface area contributed by atoms with Crippen molar-refractivity contribution < 1.29 is 9.72 Å². The Kier molecular flexibility index (Phi) is 3.38. The molecule has 0 saturated heterocycles. The van der Waals surface area contributed by atoms with Crippen LogP contribution in [-0.4, -0.2) is 10.8 Å². The molecular weight excluding hydrogens is 196 g/mol. The summed E-state index contributed by atoms with van der Waals surface area (Å²) in [7, 11) is 0. The highest BCUT2D eigenvalue weighted by Crippen LogP contribution is 2.18. The number of hydrogen-bond donors (Lipinski definition) is 1. The Morgan fingerprint density at radius 1 is 1.53 bits per heavy atom. The summed E-state index contributed by atoms with van der Waals surface area (Å²) in [6, 6.07) is 6.01. The minimum atomic E-state index is -0.454. The van der Waals surface area contributed by atoms with Crippen LogP contribution < -0.4 is 5.32 Å². The molecule has 0 spiro atoms. The predicted octanol–water partition coefficient (Wildman–Crippen LogP) is 1.79. The molecule has 5 nitrogen and oxygen atoms in total. The topological polar surface area (TPSA) is 72.2 Å². The van der Waals surface area contributed by atoms with Gasteiger partial charge in [-0.2, -0.15) is 0 Å². The number of rotatable bonds is 3. The van der Waals surface area contributed by atoms with Gasteiger partial charge < -0.3 is 5.32 Å². The smallest absolute Gasteiger partial charge is 0.269 e. The van der Waals surface area contributed by atoms with Crippen LogP contribution in [0.3, 0.4) is 0 Å². The molecule has 0 fully saturated rings. The molecule has 0 aliphatic heterocycles. The minimum Gasteiger partial charge on any atom is -0.350 e. The van der Waals surface area contributed by atoms with E-state index in [1.54, 1.807) is 19.1 Å². The predicted molar refractivity (Wildman–Crippen MR) is 55.3 cm³/mol. The van der Waals surface area contributed by atoms with Crippen LogP contribution in [0, 0.1) is 10.1 Å². The number of nitro benzene ring substituents is 1. The number of nitrogens with zero attached hydrogens (tertiary/aromatic N) is 1. The quantitative estimate of drug-likeness (QED) is 0.608. The highest BCUT2D eigenvalue weighted by atomic mass is 16.6. The Morgan fingerprint density at radius 2 is 2.20 bits per heavy atom. The van der Waals surface area contributed by atoms with Gasteiger partial charge in [-0.3, -0.25) is 14.9 Å². The molecule has 1 aromatic rings. The first-order chi connectivity index (χ1) is 7.00. The van der Waals surface area contributed by atoms with Crippen molar-refractivity contribution in [2.75, 3.05) is 0 Å². The third kappa shape index (κ3) is 3.05. The Hall–Kier alpha value is -1.91. The van der Waals surface area contributed by atoms with E-state index in [9.17, 15) is 14.9 Å². The average molecular weight is 208 g/mol. The molecule has 1 rings (SSSR count). The summed E-state index contributed by atoms with van der Waals surface area (Å²) in [5, 5.41) is 13.2. The first-order valence-electron chi connectivity index (χ1n) is 4.52. The number of carbonyl (C=O) groups is 1. The number of nitro groups is 1. The van der Waals surface area contributed by atoms with E-state index in [1.165, 1.54) is 19.1 Å². The second-order valence-electron chi connectivity index (χ2n) is 3.27. The number of carbonyl (C=O) groups excluding carboxylic acids is 1. The molecule has 5 heteroatoms. The first kappa shape index (κ1) is 11.2. The summed E-state index contributed by atoms with van der Waals surface area (Å²) < 4.78 is 0. The first-order valence-corrected chi connectivity index (χ1v) is 4.52. The Morgan fingerprint density at radius 3 is 2.73 bits per heavy atom. The third-order valence-corrected chi connectivity index (χ3v) is 2.00. The van der Waals surface area contributed by atoms with E-state index in [2.05, 4.69) is 5.32 Å². The van der Waals surface area contributed by atoms with E-state index < -0.39 is 4.92 Å². The van der Waals surface area contributed by atoms with Gasteiger partial charge in [0, 0.05) is 19.1 Å². The lowest BCUT2D eigenvalue weighted by Gasteiger charge is -2.12. The van der Waals surface area contributed by atoms with Crippen LogP contribution in [0.4, 0.5) is 5.69 Å². The zero-order valence-corrected chi connectivity index (χ0v) is 8.56. The third-order valence-electron chi connectivity index (χ3n) is 2.00. The Balaban J connectivity index is 2.89. The Bertz CT molecular complexity index is 390. The Labute approximate surface area is 87.3 Å². The normalized spacial score (nSPS) is 11.9. The van der Waals surface area contributed by atoms with Crippen LogP contribution in [-0.2, 0) is 4.79 Å². The summed E-state index contributed by atoms with van der Waals surface area (Å²) in [5.74, 6) is -0.158. The van der Waals surface area contributed by atoms with Gasteiger partial charge in [-0.15, -0.1) is 0 Å². The number of benzene rings is 1. The van der Waals surface area contributed by atoms with Crippen LogP contribution in [0.15, 0.2) is 24.3 Å². The fourth-order valence-corrected chi connectivity index (χ4v) is 1.30. The van der Waals surface area contributed by atoms with Crippen molar-refractivity contribution in [1.82, 2.24) is 5.32 Å². The van der Waals surface area contributed by atoms with E-state index >= 15 is 0 Å². The fraction of sp³-hybridized carbons (Fsp3) is 0.300. The van der Waals surface area contributed by atoms with Crippen molar-refractivity contribution in [1.29, 1.82) is 0 Å². The van der Waals surface area contributed by atoms with Crippen LogP contribution in [0.25, 0.3) is 0 Å². The monoisotopic (exact) mass is 208 g/mol. The molecule has 1 amide bonds. The molecule has 0 heterocycles. The van der Waals surface area contributed by atoms with E-state index in [4.69, 9.17) is 0 Å². The standard InChI is InChI=1S/C10H12N2O3/c1-7(11-8(2)13)9-4-3-5-10(6-9)12(14)15/h3-7H,1-2H3,(H,11,13)/t7-/m1/s1. The maximum absolute atomic E-state index is 10.8. The molecule has 0 radical (unpaired) electrons. The lowest BCUT2D eigenvalue weighted by atomic mass is 10.1. The molecule has 15 heavy (non-hydrogen) atoms. The van der Waals surface area contributed by atoms with Gasteiger partial charge in [-0.1, -0.05) is 12.1 Å². The molecule has 0 aliphatic rings. The second-order valence-corrected chi connectivity index (χ2v) is 3.27. The zero-order chi connectivity index (χ0) is 11.4. The van der Waals surface area contributed by atoms with E-state index in [0.717, 1.165) is 5.56 Å². The van der Waals surface area contributed by atoms with E-state index in [0.29, 0.717) is 0 Å². The number of amides is 1. The van der Waals surface area contributed by atoms with Gasteiger partial charge in [0.15, 0.2) is 0 Å². The summed E-state index contributed by atoms with van der Waals surface area (Å²) in [4.78, 5) is 20.9. The molecule has 1 atom stereocenters. The van der Waals surface area contributed by atoms with Crippen LogP contribution in [0.1, 0.15) is 25.5 Å². The van der Waals surface area contributed by atoms with Gasteiger partial charge in [0.25, 0.3) is 5.69 Å². The lowest BCUT2D eigenvalue weighted by Crippen LogP contribution is -2.23. The summed E-state index contributed by atoms with van der Waals surface area (Å²) in [5.41, 5.74) is 0.754. The van der Waals surface area contributed by atoms with Gasteiger partial charge >= 0.3 is 0 Å². The van der Waals surface area contributed by atoms with Crippen molar-refractivity contribution >= 4 is 11.6 Å². The number of nitrogens with one attached hydrogen (secondary N) is 1. The molecule has 0 aliphatic carbocycles. The van der Waals surface area contributed by atoms with Crippen molar-refractivity contribution in [2.45, 2.75) is 19.9 Å². The molecule has 80 valence electrons. The van der Waals surface area contributed by atoms with Crippen molar-refractivity contribution in [3.05, 3.63) is 39.9 Å². The van der Waals surface area contributed by atoms with Crippen molar-refractivity contribution in [3.63, 3.8) is 0 Å². The van der Waals surface area contributed by atoms with Crippen LogP contribution >= 0.6 is 0 Å². The molecular formula is C10H12N2O3. The highest BCUT2D eigenvalue weighted by molar-refractivity contribution is 5.73. The zero-order valence-electron chi connectivity index (χ0n) is 8.56. The summed E-state index contributed by atoms with van der Waals surface area (Å²) >= 11 is 0. The summed E-state index contributed by atoms with van der Waals surface area (Å²) in [6.07, 6.45) is 0.